The first-order valence-corrected chi connectivity index (χ1v) is 43.4. The van der Waals surface area contributed by atoms with Gasteiger partial charge >= 0.3 is 0 Å². The lowest BCUT2D eigenvalue weighted by atomic mass is 9.70. The highest BCUT2D eigenvalue weighted by molar-refractivity contribution is 5.88. The van der Waals surface area contributed by atoms with Gasteiger partial charge in [-0.1, -0.05) is 351 Å². The summed E-state index contributed by atoms with van der Waals surface area (Å²) in [5.74, 6) is 1.34. The molecule has 3 aliphatic rings. The summed E-state index contributed by atoms with van der Waals surface area (Å²) in [5, 5.41) is 0. The van der Waals surface area contributed by atoms with E-state index in [2.05, 4.69) is 263 Å². The normalized spacial score (nSPS) is 13.6. The summed E-state index contributed by atoms with van der Waals surface area (Å²) in [4.78, 5) is 35.7. The number of hydrogen-bond donors (Lipinski definition) is 0. The molecule has 7 nitrogen and oxygen atoms in total. The molecule has 0 aliphatic heterocycles. The molecule has 0 N–H and O–H groups in total. The van der Waals surface area contributed by atoms with Crippen LogP contribution in [0.4, 0.5) is 0 Å². The highest BCUT2D eigenvalue weighted by Gasteiger charge is 2.46. The Hall–Kier alpha value is -11.4. The summed E-state index contributed by atoms with van der Waals surface area (Å²) in [5.41, 5.74) is 35.8. The fourth-order valence-electron chi connectivity index (χ4n) is 19.1. The molecule has 0 spiro atoms. The second-order valence-electron chi connectivity index (χ2n) is 34.1. The van der Waals surface area contributed by atoms with Gasteiger partial charge in [-0.05, 0) is 188 Å². The number of benzene rings is 9. The number of nitrogens with zero attached hydrogens (tertiary/aromatic N) is 7. The van der Waals surface area contributed by atoms with E-state index in [4.69, 9.17) is 34.9 Å². The fraction of sp³-hybridized carbons (Fsp3) is 0.294. The molecule has 14 aromatic rings. The van der Waals surface area contributed by atoms with Crippen molar-refractivity contribution >= 4 is 0 Å². The Morgan fingerprint density at radius 3 is 0.948 bits per heavy atom. The molecule has 5 aromatic heterocycles. The largest absolute Gasteiger partial charge is 0.254 e. The third kappa shape index (κ3) is 15.4. The smallest absolute Gasteiger partial charge is 0.179 e. The summed E-state index contributed by atoms with van der Waals surface area (Å²) in [6.45, 7) is 23.0. The van der Waals surface area contributed by atoms with Crippen LogP contribution in [0.25, 0.3) is 135 Å². The third-order valence-electron chi connectivity index (χ3n) is 25.4. The average Bonchev–Trinajstić information content (AvgIpc) is 1.57. The van der Waals surface area contributed by atoms with E-state index < -0.39 is 0 Å². The van der Waals surface area contributed by atoms with Crippen LogP contribution in [0.15, 0.2) is 273 Å². The molecular formula is C109H111N7. The zero-order valence-corrected chi connectivity index (χ0v) is 69.8. The van der Waals surface area contributed by atoms with Crippen molar-refractivity contribution < 1.29 is 0 Å². The van der Waals surface area contributed by atoms with E-state index in [0.29, 0.717) is 22.9 Å². The number of unbranched alkanes of at least 4 members (excludes halogenated alkanes) is 6. The third-order valence-corrected chi connectivity index (χ3v) is 25.4. The highest BCUT2D eigenvalue weighted by Crippen LogP contribution is 2.59. The van der Waals surface area contributed by atoms with Crippen LogP contribution in [0.5, 0.6) is 0 Å². The van der Waals surface area contributed by atoms with Crippen LogP contribution >= 0.6 is 0 Å². The van der Waals surface area contributed by atoms with Crippen LogP contribution < -0.4 is 0 Å². The Labute approximate surface area is 689 Å². The first-order valence-electron chi connectivity index (χ1n) is 43.4. The second kappa shape index (κ2) is 34.2. The van der Waals surface area contributed by atoms with Crippen molar-refractivity contribution in [2.75, 3.05) is 0 Å². The van der Waals surface area contributed by atoms with Gasteiger partial charge in [-0.25, -0.2) is 19.9 Å². The summed E-state index contributed by atoms with van der Waals surface area (Å²) in [7, 11) is 0. The van der Waals surface area contributed by atoms with Gasteiger partial charge < -0.3 is 0 Å². The molecule has 0 bridgehead atoms. The number of aromatic nitrogens is 7. The van der Waals surface area contributed by atoms with Crippen molar-refractivity contribution in [3.8, 4) is 135 Å². The first kappa shape index (κ1) is 78.5. The minimum absolute atomic E-state index is 0.00437. The standard InChI is InChI=1S/C68H78N2.C41H33N5/c1-8-14-36-66(37-15-9-2)57-26-22-20-24-51(57)54-33-29-48(43-60(54)66)63-46-64(49-30-34-55-52-25-21-23-27-58(52)67(38-16-10-3,39-17-11-4)61(55)44-49)70-65(69-63)50-31-35-56-53-32-28-47(7)42-59(53)68(40-18-12-5,41-19-13-6)62(56)45-50;1-41(2,3)34-19-14-30(15-20-34)33-18-23-37(44-27-33)40-45-38(35-21-16-31(25-42-35)28-10-6-4-7-11-28)24-39(46-40)36-22-17-32(26-43-36)29-12-8-5-9-13-29/h20-35,42-46H,8-19,36-41H2,1-7H3;4-27H,1-3H3. The van der Waals surface area contributed by atoms with Crippen molar-refractivity contribution in [3.05, 3.63) is 318 Å². The lowest BCUT2D eigenvalue weighted by Gasteiger charge is -2.33. The van der Waals surface area contributed by atoms with Crippen LogP contribution in [0, 0.1) is 6.92 Å². The molecule has 7 heteroatoms. The molecule has 0 saturated heterocycles. The van der Waals surface area contributed by atoms with Crippen molar-refractivity contribution in [2.45, 2.75) is 206 Å². The summed E-state index contributed by atoms with van der Waals surface area (Å²) in [6, 6.07) is 93.4. The fourth-order valence-corrected chi connectivity index (χ4v) is 19.1. The number of rotatable bonds is 27. The molecule has 0 fully saturated rings. The van der Waals surface area contributed by atoms with Crippen LogP contribution in [0.2, 0.25) is 0 Å². The maximum absolute atomic E-state index is 5.71. The molecule has 0 amide bonds. The van der Waals surface area contributed by atoms with Crippen molar-refractivity contribution in [1.29, 1.82) is 0 Å². The van der Waals surface area contributed by atoms with Gasteiger partial charge in [0.05, 0.1) is 34.2 Å². The Bertz CT molecular complexity index is 5510. The summed E-state index contributed by atoms with van der Waals surface area (Å²) < 4.78 is 0. The Kier molecular flexibility index (Phi) is 23.1. The van der Waals surface area contributed by atoms with Crippen LogP contribution in [-0.4, -0.2) is 34.9 Å². The molecule has 0 unspecified atom stereocenters. The van der Waals surface area contributed by atoms with E-state index in [1.807, 2.05) is 79.3 Å². The van der Waals surface area contributed by atoms with E-state index in [0.717, 1.165) is 80.4 Å². The average molecular weight is 1520 g/mol. The van der Waals surface area contributed by atoms with Gasteiger partial charge in [-0.3, -0.25) is 15.0 Å². The molecule has 9 aromatic carbocycles. The minimum atomic E-state index is -0.0241. The van der Waals surface area contributed by atoms with Gasteiger partial charge in [0.1, 0.15) is 5.69 Å². The summed E-state index contributed by atoms with van der Waals surface area (Å²) >= 11 is 0. The minimum Gasteiger partial charge on any atom is -0.254 e. The molecule has 0 saturated carbocycles. The van der Waals surface area contributed by atoms with Crippen LogP contribution in [-0.2, 0) is 21.7 Å². The molecule has 0 radical (unpaired) electrons. The molecule has 116 heavy (non-hydrogen) atoms. The Morgan fingerprint density at radius 1 is 0.241 bits per heavy atom. The SMILES string of the molecule is CC(C)(C)c1ccc(-c2ccc(-c3nc(-c4ccc(-c5ccccc5)cn4)cc(-c4ccc(-c5ccccc5)cn4)n3)nc2)cc1.CCCCC1(CCCC)c2ccccc2-c2ccc(-c3cc(-c4ccc5c(c4)C(CCCC)(CCCC)c4ccccc4-5)nc(-c4ccc5c(c4)C(CCCC)(CCCC)c4cc(C)ccc4-5)n3)cc21. The van der Waals surface area contributed by atoms with E-state index in [9.17, 15) is 0 Å². The van der Waals surface area contributed by atoms with Gasteiger partial charge in [0.25, 0.3) is 0 Å². The van der Waals surface area contributed by atoms with Crippen molar-refractivity contribution in [1.82, 2.24) is 34.9 Å². The molecule has 0 atom stereocenters. The highest BCUT2D eigenvalue weighted by atomic mass is 15.0. The molecular weight excluding hydrogens is 1410 g/mol. The van der Waals surface area contributed by atoms with E-state index in [1.165, 1.54) is 192 Å². The zero-order valence-electron chi connectivity index (χ0n) is 69.8. The maximum Gasteiger partial charge on any atom is 0.179 e. The van der Waals surface area contributed by atoms with Gasteiger partial charge in [-0.15, -0.1) is 0 Å². The predicted octanol–water partition coefficient (Wildman–Crippen LogP) is 29.7. The van der Waals surface area contributed by atoms with Gasteiger partial charge in [-0.2, -0.15) is 0 Å². The number of pyridine rings is 3. The van der Waals surface area contributed by atoms with E-state index in [1.54, 1.807) is 0 Å². The Morgan fingerprint density at radius 2 is 0.552 bits per heavy atom. The lowest BCUT2D eigenvalue weighted by Crippen LogP contribution is -2.25. The van der Waals surface area contributed by atoms with Crippen LogP contribution in [0.3, 0.4) is 0 Å². The Balaban J connectivity index is 0.000000190. The van der Waals surface area contributed by atoms with Crippen molar-refractivity contribution in [3.63, 3.8) is 0 Å². The maximum atomic E-state index is 5.71. The number of fused-ring (bicyclic) bond motifs is 9. The molecule has 5 heterocycles. The number of hydrogen-bond acceptors (Lipinski definition) is 7. The van der Waals surface area contributed by atoms with Gasteiger partial charge in [0, 0.05) is 68.2 Å². The van der Waals surface area contributed by atoms with Gasteiger partial charge in [0.2, 0.25) is 0 Å². The predicted molar refractivity (Wildman–Crippen MR) is 486 cm³/mol. The lowest BCUT2D eigenvalue weighted by molar-refractivity contribution is 0.414. The quantitative estimate of drug-likeness (QED) is 0.0507. The zero-order chi connectivity index (χ0) is 80.0. The van der Waals surface area contributed by atoms with E-state index in [-0.39, 0.29) is 21.7 Å². The monoisotopic (exact) mass is 1520 g/mol. The van der Waals surface area contributed by atoms with Crippen molar-refractivity contribution in [2.24, 2.45) is 0 Å². The molecule has 582 valence electrons. The number of aryl methyl sites for hydroxylation is 1. The molecule has 17 rings (SSSR count). The van der Waals surface area contributed by atoms with E-state index >= 15 is 0 Å². The molecule has 3 aliphatic carbocycles. The summed E-state index contributed by atoms with van der Waals surface area (Å²) in [6.07, 6.45) is 27.0. The second-order valence-corrected chi connectivity index (χ2v) is 34.1. The first-order chi connectivity index (χ1) is 56.7. The van der Waals surface area contributed by atoms with Gasteiger partial charge in [0.15, 0.2) is 11.6 Å². The topological polar surface area (TPSA) is 90.2 Å². The van der Waals surface area contributed by atoms with Crippen LogP contribution in [0.1, 0.15) is 222 Å².